The minimum Gasteiger partial charge on any atom is -0.336 e. The van der Waals surface area contributed by atoms with E-state index >= 15 is 0 Å². The van der Waals surface area contributed by atoms with E-state index in [1.165, 1.54) is 17.8 Å². The van der Waals surface area contributed by atoms with E-state index in [0.717, 1.165) is 10.5 Å². The van der Waals surface area contributed by atoms with Crippen LogP contribution in [-0.4, -0.2) is 15.1 Å². The summed E-state index contributed by atoms with van der Waals surface area (Å²) >= 11 is 25.0. The quantitative estimate of drug-likeness (QED) is 0.280. The first-order valence-corrected chi connectivity index (χ1v) is 9.26. The Kier molecular flexibility index (Phi) is 7.33. The highest BCUT2D eigenvalue weighted by molar-refractivity contribution is 8.00. The topological polar surface area (TPSA) is 29.1 Å². The fourth-order valence-corrected chi connectivity index (χ4v) is 3.31. The molecular formula is C17H13Cl4NOS. The van der Waals surface area contributed by atoms with Crippen LogP contribution in [-0.2, 0) is 4.79 Å². The summed E-state index contributed by atoms with van der Waals surface area (Å²) < 4.78 is -1.67. The van der Waals surface area contributed by atoms with Crippen molar-refractivity contribution in [2.75, 3.05) is 0 Å². The summed E-state index contributed by atoms with van der Waals surface area (Å²) in [6.45, 7) is 0. The van der Waals surface area contributed by atoms with Crippen molar-refractivity contribution in [3.8, 4) is 0 Å². The zero-order valence-corrected chi connectivity index (χ0v) is 16.1. The van der Waals surface area contributed by atoms with E-state index in [1.54, 1.807) is 30.3 Å². The minimum absolute atomic E-state index is 0.350. The molecule has 2 nitrogen and oxygen atoms in total. The molecule has 0 heterocycles. The minimum atomic E-state index is -1.67. The number of amides is 1. The number of carbonyl (C=O) groups excluding carboxylic acids is 1. The molecule has 0 aliphatic rings. The Bertz CT molecular complexity index is 699. The van der Waals surface area contributed by atoms with Crippen LogP contribution in [0.3, 0.4) is 0 Å². The maximum Gasteiger partial charge on any atom is 0.245 e. The van der Waals surface area contributed by atoms with Gasteiger partial charge in [-0.05, 0) is 35.9 Å². The highest BCUT2D eigenvalue weighted by Crippen LogP contribution is 2.39. The Morgan fingerprint density at radius 2 is 1.67 bits per heavy atom. The standard InChI is InChI=1S/C17H13Cl4NOS/c18-13-7-9-14(10-8-13)24-16(17(19,20)21)22-15(23)11-6-12-4-2-1-3-5-12/h1-11,16H,(H,22,23)/b11-6+/t16-/m0/s1. The smallest absolute Gasteiger partial charge is 0.245 e. The molecule has 1 amide bonds. The van der Waals surface area contributed by atoms with Gasteiger partial charge in [0.2, 0.25) is 9.70 Å². The van der Waals surface area contributed by atoms with Crippen molar-refractivity contribution in [3.63, 3.8) is 0 Å². The lowest BCUT2D eigenvalue weighted by molar-refractivity contribution is -0.116. The van der Waals surface area contributed by atoms with Crippen molar-refractivity contribution >= 4 is 70.1 Å². The Balaban J connectivity index is 2.04. The number of benzene rings is 2. The summed E-state index contributed by atoms with van der Waals surface area (Å²) in [5.74, 6) is -0.350. The average molecular weight is 421 g/mol. The first-order valence-electron chi connectivity index (χ1n) is 6.87. The third kappa shape index (κ3) is 6.58. The van der Waals surface area contributed by atoms with Crippen LogP contribution in [0.25, 0.3) is 6.08 Å². The summed E-state index contributed by atoms with van der Waals surface area (Å²) in [5.41, 5.74) is 0.906. The van der Waals surface area contributed by atoms with Crippen molar-refractivity contribution < 1.29 is 4.79 Å². The zero-order valence-electron chi connectivity index (χ0n) is 12.3. The molecule has 0 aliphatic heterocycles. The highest BCUT2D eigenvalue weighted by Gasteiger charge is 2.34. The monoisotopic (exact) mass is 419 g/mol. The SMILES string of the molecule is O=C(/C=C/c1ccccc1)N[C@@H](Sc1ccc(Cl)cc1)C(Cl)(Cl)Cl. The number of hydrogen-bond donors (Lipinski definition) is 1. The van der Waals surface area contributed by atoms with E-state index < -0.39 is 9.17 Å². The molecular weight excluding hydrogens is 408 g/mol. The van der Waals surface area contributed by atoms with Crippen LogP contribution in [0.4, 0.5) is 0 Å². The van der Waals surface area contributed by atoms with Crippen LogP contribution >= 0.6 is 58.2 Å². The molecule has 24 heavy (non-hydrogen) atoms. The second kappa shape index (κ2) is 9.02. The van der Waals surface area contributed by atoms with Crippen LogP contribution in [0, 0.1) is 0 Å². The molecule has 1 atom stereocenters. The van der Waals surface area contributed by atoms with Gasteiger partial charge in [-0.15, -0.1) is 0 Å². The number of hydrogen-bond acceptors (Lipinski definition) is 2. The van der Waals surface area contributed by atoms with Crippen molar-refractivity contribution in [1.82, 2.24) is 5.32 Å². The lowest BCUT2D eigenvalue weighted by Gasteiger charge is -2.24. The van der Waals surface area contributed by atoms with E-state index in [9.17, 15) is 4.79 Å². The van der Waals surface area contributed by atoms with Gasteiger partial charge in [0.25, 0.3) is 0 Å². The molecule has 0 fully saturated rings. The highest BCUT2D eigenvalue weighted by atomic mass is 35.6. The Hall–Kier alpha value is -0.840. The van der Waals surface area contributed by atoms with Crippen LogP contribution in [0.15, 0.2) is 65.6 Å². The fourth-order valence-electron chi connectivity index (χ4n) is 1.74. The van der Waals surface area contributed by atoms with Crippen LogP contribution in [0.5, 0.6) is 0 Å². The van der Waals surface area contributed by atoms with E-state index in [-0.39, 0.29) is 5.91 Å². The van der Waals surface area contributed by atoms with E-state index in [1.807, 2.05) is 30.3 Å². The molecule has 1 N–H and O–H groups in total. The molecule has 126 valence electrons. The van der Waals surface area contributed by atoms with Gasteiger partial charge >= 0.3 is 0 Å². The normalized spacial score (nSPS) is 13.0. The largest absolute Gasteiger partial charge is 0.336 e. The molecule has 0 aromatic heterocycles. The van der Waals surface area contributed by atoms with E-state index in [4.69, 9.17) is 46.4 Å². The van der Waals surface area contributed by atoms with Gasteiger partial charge in [0.1, 0.15) is 5.37 Å². The summed E-state index contributed by atoms with van der Waals surface area (Å²) in [5, 5.41) is 2.56. The molecule has 0 unspecified atom stereocenters. The molecule has 2 rings (SSSR count). The predicted octanol–water partition coefficient (Wildman–Crippen LogP) is 5.96. The van der Waals surface area contributed by atoms with Gasteiger partial charge in [0, 0.05) is 16.0 Å². The Morgan fingerprint density at radius 1 is 1.04 bits per heavy atom. The molecule has 0 radical (unpaired) electrons. The first kappa shape index (κ1) is 19.5. The second-order valence-electron chi connectivity index (χ2n) is 4.75. The Morgan fingerprint density at radius 3 is 2.25 bits per heavy atom. The molecule has 0 bridgehead atoms. The van der Waals surface area contributed by atoms with Crippen LogP contribution in [0.1, 0.15) is 5.56 Å². The fraction of sp³-hybridized carbons (Fsp3) is 0.118. The lowest BCUT2D eigenvalue weighted by atomic mass is 10.2. The van der Waals surface area contributed by atoms with Gasteiger partial charge in [-0.25, -0.2) is 0 Å². The molecule has 7 heteroatoms. The average Bonchev–Trinajstić information content (AvgIpc) is 2.54. The first-order chi connectivity index (χ1) is 11.3. The third-order valence-corrected chi connectivity index (χ3v) is 5.41. The number of alkyl halides is 3. The number of thioether (sulfide) groups is 1. The van der Waals surface area contributed by atoms with E-state index in [0.29, 0.717) is 5.02 Å². The van der Waals surface area contributed by atoms with Gasteiger partial charge in [-0.2, -0.15) is 0 Å². The molecule has 0 saturated heterocycles. The van der Waals surface area contributed by atoms with E-state index in [2.05, 4.69) is 5.32 Å². The van der Waals surface area contributed by atoms with Crippen LogP contribution in [0.2, 0.25) is 5.02 Å². The van der Waals surface area contributed by atoms with Gasteiger partial charge in [0.15, 0.2) is 0 Å². The van der Waals surface area contributed by atoms with Crippen molar-refractivity contribution in [2.45, 2.75) is 14.1 Å². The summed E-state index contributed by atoms with van der Waals surface area (Å²) in [6, 6.07) is 16.5. The molecule has 0 spiro atoms. The predicted molar refractivity (Wildman–Crippen MR) is 105 cm³/mol. The van der Waals surface area contributed by atoms with Crippen molar-refractivity contribution in [1.29, 1.82) is 0 Å². The maximum absolute atomic E-state index is 12.1. The van der Waals surface area contributed by atoms with Crippen molar-refractivity contribution in [2.24, 2.45) is 0 Å². The molecule has 0 aliphatic carbocycles. The van der Waals surface area contributed by atoms with Gasteiger partial charge in [0.05, 0.1) is 0 Å². The summed E-state index contributed by atoms with van der Waals surface area (Å²) in [6.07, 6.45) is 3.10. The lowest BCUT2D eigenvalue weighted by Crippen LogP contribution is -2.40. The number of rotatable bonds is 5. The molecule has 2 aromatic carbocycles. The van der Waals surface area contributed by atoms with Gasteiger partial charge in [-0.1, -0.05) is 88.5 Å². The zero-order chi connectivity index (χ0) is 17.6. The Labute approximate surface area is 165 Å². The third-order valence-electron chi connectivity index (χ3n) is 2.86. The van der Waals surface area contributed by atoms with Crippen molar-refractivity contribution in [3.05, 3.63) is 71.3 Å². The number of carbonyl (C=O) groups is 1. The number of nitrogens with one attached hydrogen (secondary N) is 1. The van der Waals surface area contributed by atoms with Gasteiger partial charge in [-0.3, -0.25) is 4.79 Å². The number of halogens is 4. The molecule has 2 aromatic rings. The summed E-state index contributed by atoms with van der Waals surface area (Å²) in [4.78, 5) is 12.9. The second-order valence-corrected chi connectivity index (χ2v) is 8.73. The van der Waals surface area contributed by atoms with Gasteiger partial charge < -0.3 is 5.32 Å². The van der Waals surface area contributed by atoms with Crippen LogP contribution < -0.4 is 5.32 Å². The molecule has 0 saturated carbocycles. The maximum atomic E-state index is 12.1. The summed E-state index contributed by atoms with van der Waals surface area (Å²) in [7, 11) is 0.